The van der Waals surface area contributed by atoms with Gasteiger partial charge in [-0.15, -0.1) is 0 Å². The molecule has 8 heteroatoms. The van der Waals surface area contributed by atoms with Gasteiger partial charge in [-0.05, 0) is 12.3 Å². The molecular weight excluding hydrogens is 262 g/mol. The van der Waals surface area contributed by atoms with Crippen molar-refractivity contribution in [1.82, 2.24) is 9.97 Å². The summed E-state index contributed by atoms with van der Waals surface area (Å²) in [4.78, 5) is 18.5. The van der Waals surface area contributed by atoms with Crippen molar-refractivity contribution in [3.8, 4) is 0 Å². The summed E-state index contributed by atoms with van der Waals surface area (Å²) >= 11 is 0. The highest BCUT2D eigenvalue weighted by Crippen LogP contribution is 2.29. The van der Waals surface area contributed by atoms with Crippen molar-refractivity contribution in [1.29, 1.82) is 0 Å². The molecule has 0 radical (unpaired) electrons. The number of nitrogens with one attached hydrogen (secondary N) is 2. The number of aliphatic hydroxyl groups is 1. The summed E-state index contributed by atoms with van der Waals surface area (Å²) in [7, 11) is 0. The number of aromatic nitrogens is 2. The summed E-state index contributed by atoms with van der Waals surface area (Å²) in [5, 5.41) is 26.4. The molecule has 1 rings (SSSR count). The number of nitro groups is 1. The van der Waals surface area contributed by atoms with Crippen molar-refractivity contribution in [2.24, 2.45) is 5.92 Å². The zero-order valence-electron chi connectivity index (χ0n) is 12.0. The molecule has 0 saturated heterocycles. The molecule has 8 nitrogen and oxygen atoms in total. The predicted octanol–water partition coefficient (Wildman–Crippen LogP) is 1.64. The van der Waals surface area contributed by atoms with E-state index in [9.17, 15) is 15.2 Å². The summed E-state index contributed by atoms with van der Waals surface area (Å²) < 4.78 is 0. The van der Waals surface area contributed by atoms with Gasteiger partial charge in [-0.25, -0.2) is 9.97 Å². The van der Waals surface area contributed by atoms with Crippen LogP contribution in [0.2, 0.25) is 0 Å². The maximum absolute atomic E-state index is 11.2. The van der Waals surface area contributed by atoms with Crippen LogP contribution in [0.5, 0.6) is 0 Å². The van der Waals surface area contributed by atoms with E-state index in [0.717, 1.165) is 6.42 Å². The molecule has 0 aliphatic heterocycles. The summed E-state index contributed by atoms with van der Waals surface area (Å²) in [5.41, 5.74) is -0.194. The highest BCUT2D eigenvalue weighted by Gasteiger charge is 2.25. The van der Waals surface area contributed by atoms with Crippen LogP contribution in [-0.2, 0) is 0 Å². The van der Waals surface area contributed by atoms with Crippen LogP contribution in [0.4, 0.5) is 17.3 Å². The quantitative estimate of drug-likeness (QED) is 0.491. The van der Waals surface area contributed by atoms with Gasteiger partial charge in [-0.1, -0.05) is 20.8 Å². The Morgan fingerprint density at radius 2 is 2.05 bits per heavy atom. The minimum atomic E-state index is -0.519. The fourth-order valence-corrected chi connectivity index (χ4v) is 1.63. The van der Waals surface area contributed by atoms with E-state index in [-0.39, 0.29) is 35.9 Å². The third-order valence-corrected chi connectivity index (χ3v) is 2.87. The number of anilines is 2. The molecule has 0 bridgehead atoms. The van der Waals surface area contributed by atoms with Crippen molar-refractivity contribution < 1.29 is 10.0 Å². The lowest BCUT2D eigenvalue weighted by Gasteiger charge is -2.20. The molecule has 0 amide bonds. The minimum Gasteiger partial charge on any atom is -0.394 e. The lowest BCUT2D eigenvalue weighted by molar-refractivity contribution is -0.383. The summed E-state index contributed by atoms with van der Waals surface area (Å²) in [6, 6.07) is -0.303. The van der Waals surface area contributed by atoms with Crippen LogP contribution in [0.1, 0.15) is 27.2 Å². The van der Waals surface area contributed by atoms with Gasteiger partial charge in [-0.3, -0.25) is 10.1 Å². The van der Waals surface area contributed by atoms with Gasteiger partial charge in [0.15, 0.2) is 0 Å². The molecule has 3 N–H and O–H groups in total. The van der Waals surface area contributed by atoms with Crippen LogP contribution in [0.25, 0.3) is 0 Å². The molecular formula is C12H21N5O3. The van der Waals surface area contributed by atoms with Crippen LogP contribution in [0.3, 0.4) is 0 Å². The van der Waals surface area contributed by atoms with E-state index < -0.39 is 4.92 Å². The van der Waals surface area contributed by atoms with Gasteiger partial charge < -0.3 is 15.7 Å². The monoisotopic (exact) mass is 283 g/mol. The molecule has 0 aromatic carbocycles. The van der Waals surface area contributed by atoms with Crippen molar-refractivity contribution in [2.75, 3.05) is 23.8 Å². The molecule has 1 aromatic rings. The first-order valence-corrected chi connectivity index (χ1v) is 6.61. The van der Waals surface area contributed by atoms with E-state index in [1.165, 1.54) is 6.33 Å². The fourth-order valence-electron chi connectivity index (χ4n) is 1.63. The lowest BCUT2D eigenvalue weighted by atomic mass is 10.1. The summed E-state index contributed by atoms with van der Waals surface area (Å²) in [6.45, 7) is 6.25. The first kappa shape index (κ1) is 16.1. The maximum Gasteiger partial charge on any atom is 0.353 e. The molecule has 1 atom stereocenters. The van der Waals surface area contributed by atoms with Crippen LogP contribution < -0.4 is 10.6 Å². The highest BCUT2D eigenvalue weighted by molar-refractivity contribution is 5.69. The second-order valence-electron chi connectivity index (χ2n) is 4.78. The Kier molecular flexibility index (Phi) is 6.10. The zero-order valence-corrected chi connectivity index (χ0v) is 12.0. The molecule has 0 aliphatic carbocycles. The van der Waals surface area contributed by atoms with Crippen molar-refractivity contribution in [3.05, 3.63) is 16.4 Å². The second-order valence-corrected chi connectivity index (χ2v) is 4.78. The zero-order chi connectivity index (χ0) is 15.1. The van der Waals surface area contributed by atoms with E-state index >= 15 is 0 Å². The van der Waals surface area contributed by atoms with E-state index in [1.807, 2.05) is 20.8 Å². The molecule has 0 saturated carbocycles. The number of hydrogen-bond donors (Lipinski definition) is 3. The SMILES string of the molecule is CCCNc1ncnc(N[C@H](CO)C(C)C)c1[N+](=O)[O-]. The largest absolute Gasteiger partial charge is 0.394 e. The van der Waals surface area contributed by atoms with Crippen LogP contribution >= 0.6 is 0 Å². The van der Waals surface area contributed by atoms with Crippen molar-refractivity contribution >= 4 is 17.3 Å². The third kappa shape index (κ3) is 4.02. The Morgan fingerprint density at radius 3 is 2.55 bits per heavy atom. The van der Waals surface area contributed by atoms with Crippen LogP contribution in [-0.4, -0.2) is 39.2 Å². The van der Waals surface area contributed by atoms with Gasteiger partial charge >= 0.3 is 5.69 Å². The van der Waals surface area contributed by atoms with E-state index in [4.69, 9.17) is 0 Å². The fraction of sp³-hybridized carbons (Fsp3) is 0.667. The molecule has 112 valence electrons. The smallest absolute Gasteiger partial charge is 0.353 e. The van der Waals surface area contributed by atoms with E-state index in [1.54, 1.807) is 0 Å². The highest BCUT2D eigenvalue weighted by atomic mass is 16.6. The Bertz CT molecular complexity index is 453. The topological polar surface area (TPSA) is 113 Å². The standard InChI is InChI=1S/C12H21N5O3/c1-4-5-13-11-10(17(19)20)12(15-7-14-11)16-9(6-18)8(2)3/h7-9,18H,4-6H2,1-3H3,(H2,13,14,15,16)/t9-/m1/s1. The van der Waals surface area contributed by atoms with Gasteiger partial charge in [-0.2, -0.15) is 0 Å². The van der Waals surface area contributed by atoms with E-state index in [0.29, 0.717) is 6.54 Å². The third-order valence-electron chi connectivity index (χ3n) is 2.87. The minimum absolute atomic E-state index is 0.113. The number of hydrogen-bond acceptors (Lipinski definition) is 7. The predicted molar refractivity (Wildman–Crippen MR) is 76.8 cm³/mol. The molecule has 20 heavy (non-hydrogen) atoms. The van der Waals surface area contributed by atoms with Crippen molar-refractivity contribution in [3.63, 3.8) is 0 Å². The Labute approximate surface area is 117 Å². The average molecular weight is 283 g/mol. The summed E-state index contributed by atoms with van der Waals surface area (Å²) in [6.07, 6.45) is 2.09. The Hall–Kier alpha value is -1.96. The Balaban J connectivity index is 3.08. The number of aliphatic hydroxyl groups excluding tert-OH is 1. The number of rotatable bonds is 8. The first-order valence-electron chi connectivity index (χ1n) is 6.61. The lowest BCUT2D eigenvalue weighted by Crippen LogP contribution is -2.30. The van der Waals surface area contributed by atoms with Gasteiger partial charge in [0.05, 0.1) is 17.6 Å². The second kappa shape index (κ2) is 7.59. The van der Waals surface area contributed by atoms with Crippen LogP contribution in [0.15, 0.2) is 6.33 Å². The molecule has 0 unspecified atom stereocenters. The van der Waals surface area contributed by atoms with Gasteiger partial charge in [0, 0.05) is 6.54 Å². The average Bonchev–Trinajstić information content (AvgIpc) is 2.41. The van der Waals surface area contributed by atoms with Crippen molar-refractivity contribution in [2.45, 2.75) is 33.2 Å². The molecule has 0 aliphatic rings. The number of nitrogens with zero attached hydrogens (tertiary/aromatic N) is 3. The molecule has 0 spiro atoms. The van der Waals surface area contributed by atoms with Crippen LogP contribution in [0, 0.1) is 16.0 Å². The van der Waals surface area contributed by atoms with Gasteiger partial charge in [0.25, 0.3) is 0 Å². The molecule has 1 heterocycles. The van der Waals surface area contributed by atoms with Gasteiger partial charge in [0.2, 0.25) is 11.6 Å². The first-order chi connectivity index (χ1) is 9.51. The summed E-state index contributed by atoms with van der Waals surface area (Å²) in [5.74, 6) is 0.424. The maximum atomic E-state index is 11.2. The van der Waals surface area contributed by atoms with Gasteiger partial charge in [0.1, 0.15) is 6.33 Å². The normalized spacial score (nSPS) is 12.2. The molecule has 1 aromatic heterocycles. The molecule has 0 fully saturated rings. The van der Waals surface area contributed by atoms with E-state index in [2.05, 4.69) is 20.6 Å². The Morgan fingerprint density at radius 1 is 1.40 bits per heavy atom.